The van der Waals surface area contributed by atoms with E-state index in [0.29, 0.717) is 35.5 Å². The Hall–Kier alpha value is -0.940. The first-order valence-electron chi connectivity index (χ1n) is 14.9. The van der Waals surface area contributed by atoms with E-state index in [1.54, 1.807) is 0 Å². The number of aliphatic hydroxyl groups excluding tert-OH is 3. The predicted octanol–water partition coefficient (Wildman–Crippen LogP) is 5.50. The number of benzene rings is 1. The van der Waals surface area contributed by atoms with Crippen molar-refractivity contribution < 1.29 is 15.3 Å². The molecule has 1 aromatic rings. The minimum atomic E-state index is -0.283. The number of rotatable bonds is 7. The van der Waals surface area contributed by atoms with Crippen LogP contribution in [-0.4, -0.2) is 52.1 Å². The molecule has 4 aliphatic rings. The second-order valence-corrected chi connectivity index (χ2v) is 13.9. The highest BCUT2D eigenvalue weighted by atomic mass is 16.3. The molecule has 4 fully saturated rings. The third-order valence-corrected chi connectivity index (χ3v) is 12.0. The Bertz CT molecular complexity index is 877. The molecule has 0 aromatic heterocycles. The van der Waals surface area contributed by atoms with Crippen molar-refractivity contribution in [3.05, 3.63) is 35.9 Å². The summed E-state index contributed by atoms with van der Waals surface area (Å²) in [6, 6.07) is 10.7. The van der Waals surface area contributed by atoms with Gasteiger partial charge in [-0.25, -0.2) is 0 Å². The molecule has 0 bridgehead atoms. The molecular formula is C32H51NO3. The summed E-state index contributed by atoms with van der Waals surface area (Å²) < 4.78 is 0. The van der Waals surface area contributed by atoms with Crippen LogP contribution in [0.4, 0.5) is 0 Å². The molecule has 5 rings (SSSR count). The number of aliphatic hydroxyl groups is 3. The zero-order valence-corrected chi connectivity index (χ0v) is 23.1. The van der Waals surface area contributed by atoms with Crippen molar-refractivity contribution in [2.75, 3.05) is 13.6 Å². The summed E-state index contributed by atoms with van der Waals surface area (Å²) in [6.45, 7) is 9.31. The van der Waals surface area contributed by atoms with E-state index in [0.717, 1.165) is 51.6 Å². The fraction of sp³-hybridized carbons (Fsp3) is 0.812. The van der Waals surface area contributed by atoms with E-state index in [-0.39, 0.29) is 29.1 Å². The van der Waals surface area contributed by atoms with Crippen molar-refractivity contribution in [3.8, 4) is 0 Å². The van der Waals surface area contributed by atoms with Crippen LogP contribution in [0, 0.1) is 46.3 Å². The molecule has 0 radical (unpaired) electrons. The summed E-state index contributed by atoms with van der Waals surface area (Å²) in [5.74, 6) is 2.61. The lowest BCUT2D eigenvalue weighted by Crippen LogP contribution is -2.62. The third kappa shape index (κ3) is 4.59. The normalized spacial score (nSPS) is 45.1. The molecule has 0 heterocycles. The zero-order chi connectivity index (χ0) is 25.7. The summed E-state index contributed by atoms with van der Waals surface area (Å²) in [5.41, 5.74) is 1.43. The second-order valence-electron chi connectivity index (χ2n) is 13.9. The van der Waals surface area contributed by atoms with Crippen molar-refractivity contribution in [1.29, 1.82) is 0 Å². The molecule has 202 valence electrons. The van der Waals surface area contributed by atoms with Crippen LogP contribution in [0.25, 0.3) is 0 Å². The van der Waals surface area contributed by atoms with Gasteiger partial charge in [-0.05, 0) is 123 Å². The molecule has 0 amide bonds. The van der Waals surface area contributed by atoms with Gasteiger partial charge in [0, 0.05) is 6.54 Å². The Morgan fingerprint density at radius 3 is 2.47 bits per heavy atom. The molecule has 4 heteroatoms. The van der Waals surface area contributed by atoms with Crippen LogP contribution < -0.4 is 0 Å². The molecule has 1 aromatic carbocycles. The lowest BCUT2D eigenvalue weighted by atomic mass is 9.43. The van der Waals surface area contributed by atoms with Crippen molar-refractivity contribution in [3.63, 3.8) is 0 Å². The monoisotopic (exact) mass is 497 g/mol. The van der Waals surface area contributed by atoms with E-state index < -0.39 is 0 Å². The van der Waals surface area contributed by atoms with Crippen LogP contribution in [-0.2, 0) is 6.54 Å². The first kappa shape index (κ1) is 26.7. The standard InChI is InChI=1S/C32H51NO3/c1-21(9-8-16-33(4)20-22-10-6-5-7-11-22)25-12-13-26-30-27(19-29(36)32(25,26)3)31(2)15-14-24(34)17-23(31)18-28(30)35/h5-7,10-11,21,23-30,34-36H,8-9,12-20H2,1-4H3/t21?,23?,24-,25?,26+,27+,28-,29+,30?,31?,32?/m1/s1. The first-order valence-corrected chi connectivity index (χ1v) is 14.9. The lowest BCUT2D eigenvalue weighted by Gasteiger charge is -2.63. The van der Waals surface area contributed by atoms with E-state index in [2.05, 4.69) is 63.1 Å². The van der Waals surface area contributed by atoms with Gasteiger partial charge in [-0.15, -0.1) is 0 Å². The zero-order valence-electron chi connectivity index (χ0n) is 23.1. The van der Waals surface area contributed by atoms with E-state index in [1.165, 1.54) is 24.8 Å². The summed E-state index contributed by atoms with van der Waals surface area (Å²) in [5, 5.41) is 33.6. The molecule has 3 N–H and O–H groups in total. The van der Waals surface area contributed by atoms with Gasteiger partial charge >= 0.3 is 0 Å². The highest BCUT2D eigenvalue weighted by Crippen LogP contribution is 2.68. The SMILES string of the molecule is CC(CCCN(C)Cc1ccccc1)C1CC[C@H]2C3[C@H](O)CC4C[C@H](O)CCC4(C)[C@H]3C[C@H](O)C12C. The first-order chi connectivity index (χ1) is 17.1. The summed E-state index contributed by atoms with van der Waals surface area (Å²) in [6.07, 6.45) is 8.37. The van der Waals surface area contributed by atoms with Gasteiger partial charge < -0.3 is 20.2 Å². The van der Waals surface area contributed by atoms with Crippen molar-refractivity contribution >= 4 is 0 Å². The van der Waals surface area contributed by atoms with Crippen molar-refractivity contribution in [2.24, 2.45) is 46.3 Å². The Balaban J connectivity index is 1.24. The number of hydrogen-bond donors (Lipinski definition) is 3. The summed E-state index contributed by atoms with van der Waals surface area (Å²) >= 11 is 0. The molecular weight excluding hydrogens is 446 g/mol. The quantitative estimate of drug-likeness (QED) is 0.466. The van der Waals surface area contributed by atoms with Gasteiger partial charge in [0.05, 0.1) is 18.3 Å². The van der Waals surface area contributed by atoms with Gasteiger partial charge in [0.2, 0.25) is 0 Å². The largest absolute Gasteiger partial charge is 0.393 e. The van der Waals surface area contributed by atoms with Crippen LogP contribution in [0.5, 0.6) is 0 Å². The van der Waals surface area contributed by atoms with Gasteiger partial charge in [0.25, 0.3) is 0 Å². The van der Waals surface area contributed by atoms with E-state index in [9.17, 15) is 15.3 Å². The van der Waals surface area contributed by atoms with E-state index in [1.807, 2.05) is 0 Å². The Morgan fingerprint density at radius 2 is 1.72 bits per heavy atom. The number of hydrogen-bond acceptors (Lipinski definition) is 4. The fourth-order valence-electron chi connectivity index (χ4n) is 9.99. The van der Waals surface area contributed by atoms with Gasteiger partial charge in [0.1, 0.15) is 0 Å². The van der Waals surface area contributed by atoms with Gasteiger partial charge in [-0.1, -0.05) is 51.1 Å². The average molecular weight is 498 g/mol. The van der Waals surface area contributed by atoms with Crippen LogP contribution in [0.15, 0.2) is 30.3 Å². The molecule has 11 atom stereocenters. The second kappa shape index (κ2) is 10.3. The van der Waals surface area contributed by atoms with Crippen molar-refractivity contribution in [1.82, 2.24) is 4.90 Å². The molecule has 4 saturated carbocycles. The molecule has 0 spiro atoms. The van der Waals surface area contributed by atoms with Crippen LogP contribution in [0.3, 0.4) is 0 Å². The topological polar surface area (TPSA) is 63.9 Å². The predicted molar refractivity (Wildman–Crippen MR) is 145 cm³/mol. The highest BCUT2D eigenvalue weighted by molar-refractivity contribution is 5.15. The van der Waals surface area contributed by atoms with Gasteiger partial charge in [-0.2, -0.15) is 0 Å². The van der Waals surface area contributed by atoms with Crippen LogP contribution in [0.1, 0.15) is 84.1 Å². The summed E-state index contributed by atoms with van der Waals surface area (Å²) in [7, 11) is 2.22. The molecule has 6 unspecified atom stereocenters. The van der Waals surface area contributed by atoms with Gasteiger partial charge in [-0.3, -0.25) is 0 Å². The van der Waals surface area contributed by atoms with Crippen LogP contribution in [0.2, 0.25) is 0 Å². The molecule has 0 aliphatic heterocycles. The maximum atomic E-state index is 11.8. The third-order valence-electron chi connectivity index (χ3n) is 12.0. The van der Waals surface area contributed by atoms with Crippen LogP contribution >= 0.6 is 0 Å². The number of nitrogens with zero attached hydrogens (tertiary/aromatic N) is 1. The Kier molecular flexibility index (Phi) is 7.64. The average Bonchev–Trinajstić information content (AvgIpc) is 3.20. The fourth-order valence-corrected chi connectivity index (χ4v) is 9.99. The van der Waals surface area contributed by atoms with Crippen molar-refractivity contribution in [2.45, 2.75) is 103 Å². The maximum Gasteiger partial charge on any atom is 0.0602 e. The van der Waals surface area contributed by atoms with E-state index in [4.69, 9.17) is 0 Å². The Labute approximate surface area is 219 Å². The lowest BCUT2D eigenvalue weighted by molar-refractivity contribution is -0.207. The minimum absolute atomic E-state index is 0.0884. The maximum absolute atomic E-state index is 11.8. The van der Waals surface area contributed by atoms with Gasteiger partial charge in [0.15, 0.2) is 0 Å². The molecule has 0 saturated heterocycles. The summed E-state index contributed by atoms with van der Waals surface area (Å²) in [4.78, 5) is 2.43. The Morgan fingerprint density at radius 1 is 0.972 bits per heavy atom. The highest BCUT2D eigenvalue weighted by Gasteiger charge is 2.65. The smallest absolute Gasteiger partial charge is 0.0602 e. The molecule has 4 aliphatic carbocycles. The number of fused-ring (bicyclic) bond motifs is 5. The van der Waals surface area contributed by atoms with E-state index >= 15 is 0 Å². The molecule has 36 heavy (non-hydrogen) atoms. The minimum Gasteiger partial charge on any atom is -0.393 e. The molecule has 4 nitrogen and oxygen atoms in total.